The van der Waals surface area contributed by atoms with Crippen LogP contribution in [-0.2, 0) is 6.54 Å². The standard InChI is InChI=1S/C21H23N3O2/c1-15(24-21(25)22-13-19-16(2)26-14-23-19)20(17-9-5-3-6-10-17)18-11-7-4-8-12-18/h3-12,14-15,20H,13H2,1-2H3,(H2,22,24,25)/t15-/m1/s1. The number of amides is 2. The van der Waals surface area contributed by atoms with Gasteiger partial charge in [-0.1, -0.05) is 60.7 Å². The summed E-state index contributed by atoms with van der Waals surface area (Å²) in [6.07, 6.45) is 1.38. The molecule has 0 spiro atoms. The van der Waals surface area contributed by atoms with Gasteiger partial charge >= 0.3 is 6.03 Å². The van der Waals surface area contributed by atoms with Gasteiger partial charge in [-0.05, 0) is 25.0 Å². The molecule has 26 heavy (non-hydrogen) atoms. The molecule has 0 saturated heterocycles. The van der Waals surface area contributed by atoms with Gasteiger partial charge in [-0.25, -0.2) is 9.78 Å². The number of aromatic nitrogens is 1. The third kappa shape index (κ3) is 4.30. The summed E-state index contributed by atoms with van der Waals surface area (Å²) in [7, 11) is 0. The van der Waals surface area contributed by atoms with Crippen LogP contribution in [0.1, 0.15) is 35.4 Å². The number of hydrogen-bond donors (Lipinski definition) is 2. The molecule has 0 bridgehead atoms. The molecular formula is C21H23N3O2. The Hall–Kier alpha value is -3.08. The minimum absolute atomic E-state index is 0.0666. The summed E-state index contributed by atoms with van der Waals surface area (Å²) in [5, 5.41) is 5.89. The molecule has 0 saturated carbocycles. The first kappa shape index (κ1) is 17.7. The summed E-state index contributed by atoms with van der Waals surface area (Å²) >= 11 is 0. The normalized spacial score (nSPS) is 12.0. The Morgan fingerprint density at radius 2 is 1.62 bits per heavy atom. The lowest BCUT2D eigenvalue weighted by Crippen LogP contribution is -2.43. The van der Waals surface area contributed by atoms with Crippen molar-refractivity contribution in [3.05, 3.63) is 89.6 Å². The molecule has 2 N–H and O–H groups in total. The van der Waals surface area contributed by atoms with E-state index >= 15 is 0 Å². The Balaban J connectivity index is 1.70. The maximum atomic E-state index is 12.3. The van der Waals surface area contributed by atoms with Gasteiger partial charge in [-0.15, -0.1) is 0 Å². The number of carbonyl (C=O) groups is 1. The van der Waals surface area contributed by atoms with Crippen LogP contribution in [0.5, 0.6) is 0 Å². The molecule has 5 heteroatoms. The van der Waals surface area contributed by atoms with Crippen molar-refractivity contribution in [1.29, 1.82) is 0 Å². The van der Waals surface area contributed by atoms with Crippen LogP contribution in [0.3, 0.4) is 0 Å². The molecule has 5 nitrogen and oxygen atoms in total. The van der Waals surface area contributed by atoms with Gasteiger partial charge in [-0.2, -0.15) is 0 Å². The Morgan fingerprint density at radius 1 is 1.04 bits per heavy atom. The van der Waals surface area contributed by atoms with Crippen LogP contribution in [-0.4, -0.2) is 17.1 Å². The predicted molar refractivity (Wildman–Crippen MR) is 101 cm³/mol. The number of nitrogens with zero attached hydrogens (tertiary/aromatic N) is 1. The lowest BCUT2D eigenvalue weighted by atomic mass is 9.86. The van der Waals surface area contributed by atoms with Gasteiger partial charge in [0.25, 0.3) is 0 Å². The molecule has 1 heterocycles. The van der Waals surface area contributed by atoms with Gasteiger partial charge in [0, 0.05) is 12.0 Å². The van der Waals surface area contributed by atoms with Crippen molar-refractivity contribution in [3.8, 4) is 0 Å². The number of nitrogens with one attached hydrogen (secondary N) is 2. The van der Waals surface area contributed by atoms with Crippen LogP contribution in [0.15, 0.2) is 71.5 Å². The zero-order valence-electron chi connectivity index (χ0n) is 15.0. The largest absolute Gasteiger partial charge is 0.448 e. The van der Waals surface area contributed by atoms with Crippen molar-refractivity contribution in [2.75, 3.05) is 0 Å². The first-order valence-corrected chi connectivity index (χ1v) is 8.68. The number of rotatable bonds is 6. The third-order valence-corrected chi connectivity index (χ3v) is 4.44. The van der Waals surface area contributed by atoms with Crippen LogP contribution in [0.25, 0.3) is 0 Å². The minimum atomic E-state index is -0.225. The number of aryl methyl sites for hydroxylation is 1. The van der Waals surface area contributed by atoms with Crippen molar-refractivity contribution in [1.82, 2.24) is 15.6 Å². The molecule has 0 aliphatic rings. The van der Waals surface area contributed by atoms with Gasteiger partial charge in [-0.3, -0.25) is 0 Å². The van der Waals surface area contributed by atoms with E-state index < -0.39 is 0 Å². The molecule has 1 aromatic heterocycles. The third-order valence-electron chi connectivity index (χ3n) is 4.44. The van der Waals surface area contributed by atoms with Crippen molar-refractivity contribution in [3.63, 3.8) is 0 Å². The van der Waals surface area contributed by atoms with Crippen molar-refractivity contribution >= 4 is 6.03 Å². The second kappa shape index (κ2) is 8.34. The average Bonchev–Trinajstić information content (AvgIpc) is 3.07. The fourth-order valence-corrected chi connectivity index (χ4v) is 3.09. The maximum absolute atomic E-state index is 12.3. The fraction of sp³-hybridized carbons (Fsp3) is 0.238. The number of urea groups is 1. The van der Waals surface area contributed by atoms with E-state index in [1.165, 1.54) is 17.5 Å². The molecule has 0 aliphatic carbocycles. The molecule has 134 valence electrons. The summed E-state index contributed by atoms with van der Waals surface area (Å²) in [5.41, 5.74) is 3.06. The van der Waals surface area contributed by atoms with E-state index in [0.29, 0.717) is 12.3 Å². The van der Waals surface area contributed by atoms with Gasteiger partial charge in [0.1, 0.15) is 11.5 Å². The lowest BCUT2D eigenvalue weighted by Gasteiger charge is -2.26. The highest BCUT2D eigenvalue weighted by Gasteiger charge is 2.22. The molecule has 3 rings (SSSR count). The van der Waals surface area contributed by atoms with E-state index in [9.17, 15) is 4.79 Å². The van der Waals surface area contributed by atoms with Crippen LogP contribution in [0.4, 0.5) is 4.79 Å². The highest BCUT2D eigenvalue weighted by Crippen LogP contribution is 2.27. The van der Waals surface area contributed by atoms with E-state index in [1.807, 2.05) is 50.2 Å². The first-order chi connectivity index (χ1) is 12.6. The molecule has 0 radical (unpaired) electrons. The van der Waals surface area contributed by atoms with Crippen LogP contribution < -0.4 is 10.6 Å². The monoisotopic (exact) mass is 349 g/mol. The topological polar surface area (TPSA) is 67.2 Å². The second-order valence-corrected chi connectivity index (χ2v) is 6.27. The molecule has 0 aliphatic heterocycles. The van der Waals surface area contributed by atoms with E-state index in [-0.39, 0.29) is 18.0 Å². The smallest absolute Gasteiger partial charge is 0.315 e. The number of carbonyl (C=O) groups excluding carboxylic acids is 1. The van der Waals surface area contributed by atoms with Crippen molar-refractivity contribution in [2.45, 2.75) is 32.4 Å². The summed E-state index contributed by atoms with van der Waals surface area (Å²) in [5.74, 6) is 0.779. The molecule has 2 amide bonds. The molecule has 0 fully saturated rings. The van der Waals surface area contributed by atoms with Gasteiger partial charge < -0.3 is 15.1 Å². The quantitative estimate of drug-likeness (QED) is 0.707. The van der Waals surface area contributed by atoms with E-state index in [2.05, 4.69) is 39.9 Å². The summed E-state index contributed by atoms with van der Waals surface area (Å²) in [6.45, 7) is 4.18. The van der Waals surface area contributed by atoms with Crippen molar-refractivity contribution in [2.24, 2.45) is 0 Å². The average molecular weight is 349 g/mol. The zero-order valence-corrected chi connectivity index (χ0v) is 15.0. The number of hydrogen-bond acceptors (Lipinski definition) is 3. The molecule has 0 unspecified atom stereocenters. The van der Waals surface area contributed by atoms with E-state index in [1.54, 1.807) is 0 Å². The predicted octanol–water partition coefficient (Wildman–Crippen LogP) is 4.00. The molecule has 1 atom stereocenters. The minimum Gasteiger partial charge on any atom is -0.448 e. The molecular weight excluding hydrogens is 326 g/mol. The highest BCUT2D eigenvalue weighted by molar-refractivity contribution is 5.74. The fourth-order valence-electron chi connectivity index (χ4n) is 3.09. The number of benzene rings is 2. The maximum Gasteiger partial charge on any atom is 0.315 e. The molecule has 3 aromatic rings. The van der Waals surface area contributed by atoms with Gasteiger partial charge in [0.15, 0.2) is 6.39 Å². The molecule has 2 aromatic carbocycles. The summed E-state index contributed by atoms with van der Waals surface area (Å²) < 4.78 is 5.15. The summed E-state index contributed by atoms with van der Waals surface area (Å²) in [6, 6.07) is 20.1. The lowest BCUT2D eigenvalue weighted by molar-refractivity contribution is 0.236. The van der Waals surface area contributed by atoms with Crippen molar-refractivity contribution < 1.29 is 9.21 Å². The van der Waals surface area contributed by atoms with Gasteiger partial charge in [0.2, 0.25) is 0 Å². The zero-order chi connectivity index (χ0) is 18.4. The first-order valence-electron chi connectivity index (χ1n) is 8.68. The van der Waals surface area contributed by atoms with Crippen LogP contribution in [0, 0.1) is 6.92 Å². The highest BCUT2D eigenvalue weighted by atomic mass is 16.3. The van der Waals surface area contributed by atoms with Crippen LogP contribution >= 0.6 is 0 Å². The van der Waals surface area contributed by atoms with Gasteiger partial charge in [0.05, 0.1) is 6.54 Å². The second-order valence-electron chi connectivity index (χ2n) is 6.27. The Morgan fingerprint density at radius 3 is 2.12 bits per heavy atom. The van der Waals surface area contributed by atoms with E-state index in [4.69, 9.17) is 4.42 Å². The Kier molecular flexibility index (Phi) is 5.69. The SMILES string of the molecule is Cc1ocnc1CNC(=O)N[C@H](C)C(c1ccccc1)c1ccccc1. The number of oxazole rings is 1. The summed E-state index contributed by atoms with van der Waals surface area (Å²) in [4.78, 5) is 16.4. The van der Waals surface area contributed by atoms with E-state index in [0.717, 1.165) is 5.69 Å². The Bertz CT molecular complexity index is 791. The Labute approximate surface area is 153 Å². The van der Waals surface area contributed by atoms with Crippen LogP contribution in [0.2, 0.25) is 0 Å².